The lowest BCUT2D eigenvalue weighted by molar-refractivity contribution is 0.357. The number of ether oxygens (including phenoxy) is 1. The highest BCUT2D eigenvalue weighted by Crippen LogP contribution is 2.25. The maximum atomic E-state index is 5.57. The first-order valence-corrected chi connectivity index (χ1v) is 5.16. The van der Waals surface area contributed by atoms with Crippen molar-refractivity contribution in [2.24, 2.45) is 0 Å². The third-order valence-electron chi connectivity index (χ3n) is 1.97. The molecule has 2 heteroatoms. The van der Waals surface area contributed by atoms with Gasteiger partial charge in [0, 0.05) is 5.54 Å². The molecule has 1 aromatic rings. The van der Waals surface area contributed by atoms with Gasteiger partial charge in [-0.25, -0.2) is 0 Å². The van der Waals surface area contributed by atoms with Crippen LogP contribution in [0, 0.1) is 0 Å². The van der Waals surface area contributed by atoms with Crippen molar-refractivity contribution in [2.75, 3.05) is 6.61 Å². The van der Waals surface area contributed by atoms with E-state index < -0.39 is 0 Å². The molecule has 0 fully saturated rings. The van der Waals surface area contributed by atoms with Crippen LogP contribution in [-0.2, 0) is 0 Å². The van der Waals surface area contributed by atoms with E-state index in [9.17, 15) is 0 Å². The number of benzene rings is 1. The minimum atomic E-state index is 0.478. The third-order valence-corrected chi connectivity index (χ3v) is 2.14. The van der Waals surface area contributed by atoms with Gasteiger partial charge in [-0.2, -0.15) is 0 Å². The number of rotatable bonds is 4. The Morgan fingerprint density at radius 3 is 2.71 bits per heavy atom. The van der Waals surface area contributed by atoms with E-state index in [1.807, 2.05) is 18.2 Å². The van der Waals surface area contributed by atoms with Gasteiger partial charge in [-0.1, -0.05) is 43.6 Å². The van der Waals surface area contributed by atoms with Gasteiger partial charge < -0.3 is 4.74 Å². The predicted octanol–water partition coefficient (Wildman–Crippen LogP) is 3.94. The topological polar surface area (TPSA) is 9.23 Å². The molecular formula is C12H15ClO. The molecule has 0 aliphatic carbocycles. The van der Waals surface area contributed by atoms with Crippen LogP contribution in [0.2, 0.25) is 0 Å². The molecule has 0 heterocycles. The van der Waals surface area contributed by atoms with Crippen molar-refractivity contribution in [1.82, 2.24) is 0 Å². The zero-order valence-corrected chi connectivity index (χ0v) is 9.29. The Hall–Kier alpha value is -0.950. The van der Waals surface area contributed by atoms with Crippen LogP contribution in [0.1, 0.15) is 25.3 Å². The summed E-state index contributed by atoms with van der Waals surface area (Å²) >= 11 is 5.41. The summed E-state index contributed by atoms with van der Waals surface area (Å²) in [6.07, 6.45) is 1.78. The second-order valence-electron chi connectivity index (χ2n) is 3.37. The summed E-state index contributed by atoms with van der Waals surface area (Å²) in [5.41, 5.74) is 2.70. The largest absolute Gasteiger partial charge is 0.489 e. The number of halogens is 1. The molecule has 0 saturated carbocycles. The summed E-state index contributed by atoms with van der Waals surface area (Å²) in [5.74, 6) is 1.42. The molecule has 0 aliphatic heterocycles. The summed E-state index contributed by atoms with van der Waals surface area (Å²) in [7, 11) is 0. The molecule has 14 heavy (non-hydrogen) atoms. The standard InChI is InChI=1S/C12H15ClO/c1-10(2)11-6-3-4-7-12(11)14-9-5-8-13/h3-8,10H,9H2,1-2H3. The fraction of sp³-hybridized carbons (Fsp3) is 0.333. The van der Waals surface area contributed by atoms with Crippen molar-refractivity contribution >= 4 is 11.6 Å². The average molecular weight is 211 g/mol. The molecule has 0 amide bonds. The van der Waals surface area contributed by atoms with Crippen LogP contribution in [0.15, 0.2) is 35.9 Å². The normalized spacial score (nSPS) is 11.1. The van der Waals surface area contributed by atoms with E-state index in [4.69, 9.17) is 16.3 Å². The van der Waals surface area contributed by atoms with Gasteiger partial charge in [0.25, 0.3) is 0 Å². The second-order valence-corrected chi connectivity index (χ2v) is 3.62. The number of hydrogen-bond donors (Lipinski definition) is 0. The molecule has 0 atom stereocenters. The Labute approximate surface area is 90.3 Å². The van der Waals surface area contributed by atoms with Gasteiger partial charge in [0.2, 0.25) is 0 Å². The Morgan fingerprint density at radius 2 is 2.07 bits per heavy atom. The summed E-state index contributed by atoms with van der Waals surface area (Å²) in [4.78, 5) is 0. The van der Waals surface area contributed by atoms with Crippen LogP contribution in [-0.4, -0.2) is 6.61 Å². The van der Waals surface area contributed by atoms with Crippen molar-refractivity contribution in [2.45, 2.75) is 19.8 Å². The van der Waals surface area contributed by atoms with Gasteiger partial charge in [-0.3, -0.25) is 0 Å². The zero-order valence-electron chi connectivity index (χ0n) is 8.53. The smallest absolute Gasteiger partial charge is 0.123 e. The average Bonchev–Trinajstić information content (AvgIpc) is 2.19. The maximum Gasteiger partial charge on any atom is 0.123 e. The van der Waals surface area contributed by atoms with E-state index in [2.05, 4.69) is 19.9 Å². The molecule has 0 saturated heterocycles. The van der Waals surface area contributed by atoms with Crippen LogP contribution < -0.4 is 4.74 Å². The van der Waals surface area contributed by atoms with Gasteiger partial charge in [0.05, 0.1) is 0 Å². The Morgan fingerprint density at radius 1 is 1.36 bits per heavy atom. The lowest BCUT2D eigenvalue weighted by atomic mass is 10.0. The second kappa shape index (κ2) is 5.71. The lowest BCUT2D eigenvalue weighted by Gasteiger charge is -2.12. The minimum absolute atomic E-state index is 0.478. The first kappa shape index (κ1) is 11.1. The highest BCUT2D eigenvalue weighted by atomic mass is 35.5. The number of para-hydroxylation sites is 1. The quantitative estimate of drug-likeness (QED) is 0.732. The molecule has 0 aromatic heterocycles. The van der Waals surface area contributed by atoms with E-state index in [0.717, 1.165) is 5.75 Å². The van der Waals surface area contributed by atoms with E-state index in [-0.39, 0.29) is 0 Å². The van der Waals surface area contributed by atoms with Gasteiger partial charge in [-0.15, -0.1) is 0 Å². The Kier molecular flexibility index (Phi) is 4.54. The fourth-order valence-electron chi connectivity index (χ4n) is 1.26. The molecule has 1 rings (SSSR count). The summed E-state index contributed by atoms with van der Waals surface area (Å²) in [5, 5.41) is 0. The Balaban J connectivity index is 2.74. The van der Waals surface area contributed by atoms with Crippen LogP contribution in [0.3, 0.4) is 0 Å². The molecular weight excluding hydrogens is 196 g/mol. The molecule has 1 aromatic carbocycles. The van der Waals surface area contributed by atoms with E-state index in [1.54, 1.807) is 6.08 Å². The minimum Gasteiger partial charge on any atom is -0.489 e. The van der Waals surface area contributed by atoms with Crippen LogP contribution in [0.4, 0.5) is 0 Å². The summed E-state index contributed by atoms with van der Waals surface area (Å²) in [6, 6.07) is 8.08. The monoisotopic (exact) mass is 210 g/mol. The fourth-order valence-corrected chi connectivity index (χ4v) is 1.34. The Bertz CT molecular complexity index is 305. The molecule has 0 N–H and O–H groups in total. The van der Waals surface area contributed by atoms with Gasteiger partial charge >= 0.3 is 0 Å². The SMILES string of the molecule is CC(C)c1ccccc1OCC=CCl. The van der Waals surface area contributed by atoms with Crippen LogP contribution in [0.5, 0.6) is 5.75 Å². The molecule has 1 nitrogen and oxygen atoms in total. The molecule has 0 aliphatic rings. The molecule has 0 unspecified atom stereocenters. The molecule has 0 bridgehead atoms. The van der Waals surface area contributed by atoms with Gasteiger partial charge in [0.1, 0.15) is 12.4 Å². The van der Waals surface area contributed by atoms with Crippen LogP contribution in [0.25, 0.3) is 0 Å². The van der Waals surface area contributed by atoms with E-state index >= 15 is 0 Å². The molecule has 76 valence electrons. The molecule has 0 spiro atoms. The van der Waals surface area contributed by atoms with Crippen molar-refractivity contribution < 1.29 is 4.74 Å². The van der Waals surface area contributed by atoms with Crippen molar-refractivity contribution in [3.63, 3.8) is 0 Å². The van der Waals surface area contributed by atoms with Gasteiger partial charge in [-0.05, 0) is 23.6 Å². The van der Waals surface area contributed by atoms with Crippen molar-refractivity contribution in [1.29, 1.82) is 0 Å². The summed E-state index contributed by atoms with van der Waals surface area (Å²) in [6.45, 7) is 4.83. The third kappa shape index (κ3) is 3.08. The van der Waals surface area contributed by atoms with Gasteiger partial charge in [0.15, 0.2) is 0 Å². The lowest BCUT2D eigenvalue weighted by Crippen LogP contribution is -1.98. The van der Waals surface area contributed by atoms with Crippen LogP contribution >= 0.6 is 11.6 Å². The maximum absolute atomic E-state index is 5.57. The zero-order chi connectivity index (χ0) is 10.4. The highest BCUT2D eigenvalue weighted by Gasteiger charge is 2.05. The van der Waals surface area contributed by atoms with Crippen molar-refractivity contribution in [3.05, 3.63) is 41.4 Å². The molecule has 0 radical (unpaired) electrons. The summed E-state index contributed by atoms with van der Waals surface area (Å²) < 4.78 is 5.57. The number of hydrogen-bond acceptors (Lipinski definition) is 1. The van der Waals surface area contributed by atoms with Crippen molar-refractivity contribution in [3.8, 4) is 5.75 Å². The predicted molar refractivity (Wildman–Crippen MR) is 61.0 cm³/mol. The first-order valence-electron chi connectivity index (χ1n) is 4.72. The first-order chi connectivity index (χ1) is 6.75. The highest BCUT2D eigenvalue weighted by molar-refractivity contribution is 6.25. The van der Waals surface area contributed by atoms with E-state index in [0.29, 0.717) is 12.5 Å². The van der Waals surface area contributed by atoms with E-state index in [1.165, 1.54) is 11.1 Å².